The van der Waals surface area contributed by atoms with Crippen LogP contribution in [0.2, 0.25) is 0 Å². The smallest absolute Gasteiger partial charge is 0.0789 e. The Morgan fingerprint density at radius 2 is 2.00 bits per heavy atom. The SMILES string of the molecule is C.CC1(C)CC2C[C@@](C)(CN2C[C@@H](O)CN)C1. The first-order chi connectivity index (χ1) is 7.34. The lowest BCUT2D eigenvalue weighted by Crippen LogP contribution is -2.40. The maximum Gasteiger partial charge on any atom is 0.0789 e. The molecule has 1 unspecified atom stereocenters. The Balaban J connectivity index is 0.00000144. The van der Waals surface area contributed by atoms with E-state index in [1.165, 1.54) is 19.3 Å². The molecule has 1 heterocycles. The van der Waals surface area contributed by atoms with Crippen molar-refractivity contribution in [2.24, 2.45) is 16.6 Å². The van der Waals surface area contributed by atoms with Crippen LogP contribution in [0.5, 0.6) is 0 Å². The van der Waals surface area contributed by atoms with Crippen molar-refractivity contribution in [3.63, 3.8) is 0 Å². The third-order valence-electron chi connectivity index (χ3n) is 4.24. The van der Waals surface area contributed by atoms with Gasteiger partial charge in [0, 0.05) is 25.7 Å². The van der Waals surface area contributed by atoms with E-state index in [2.05, 4.69) is 25.7 Å². The maximum absolute atomic E-state index is 9.69. The average Bonchev–Trinajstić information content (AvgIpc) is 2.35. The number of likely N-dealkylation sites (tertiary alicyclic amines) is 1. The quantitative estimate of drug-likeness (QED) is 0.794. The fraction of sp³-hybridized carbons (Fsp3) is 1.00. The van der Waals surface area contributed by atoms with Crippen molar-refractivity contribution in [2.75, 3.05) is 19.6 Å². The monoisotopic (exact) mass is 242 g/mol. The van der Waals surface area contributed by atoms with Crippen LogP contribution in [0.15, 0.2) is 0 Å². The normalized spacial score (nSPS) is 37.6. The number of rotatable bonds is 3. The molecule has 0 amide bonds. The van der Waals surface area contributed by atoms with Crippen LogP contribution in [-0.2, 0) is 0 Å². The van der Waals surface area contributed by atoms with Gasteiger partial charge in [-0.3, -0.25) is 4.90 Å². The molecule has 1 saturated heterocycles. The predicted molar refractivity (Wildman–Crippen MR) is 72.9 cm³/mol. The third kappa shape index (κ3) is 3.21. The summed E-state index contributed by atoms with van der Waals surface area (Å²) in [5, 5.41) is 9.69. The Hall–Kier alpha value is -0.120. The molecule has 2 bridgehead atoms. The van der Waals surface area contributed by atoms with Crippen LogP contribution in [0.25, 0.3) is 0 Å². The molecule has 0 radical (unpaired) electrons. The Labute approximate surface area is 106 Å². The van der Waals surface area contributed by atoms with Gasteiger partial charge in [0.25, 0.3) is 0 Å². The molecular formula is C14H30N2O. The minimum atomic E-state index is -0.355. The molecule has 2 fully saturated rings. The topological polar surface area (TPSA) is 49.5 Å². The van der Waals surface area contributed by atoms with Crippen molar-refractivity contribution in [3.05, 3.63) is 0 Å². The number of nitrogens with two attached hydrogens (primary N) is 1. The van der Waals surface area contributed by atoms with Crippen LogP contribution in [-0.4, -0.2) is 41.8 Å². The van der Waals surface area contributed by atoms with E-state index >= 15 is 0 Å². The highest BCUT2D eigenvalue weighted by molar-refractivity contribution is 5.02. The lowest BCUT2D eigenvalue weighted by molar-refractivity contribution is 0.0962. The van der Waals surface area contributed by atoms with Crippen molar-refractivity contribution in [1.29, 1.82) is 0 Å². The Kier molecular flexibility index (Phi) is 4.28. The van der Waals surface area contributed by atoms with E-state index in [4.69, 9.17) is 5.73 Å². The van der Waals surface area contributed by atoms with Gasteiger partial charge in [-0.05, 0) is 30.1 Å². The summed E-state index contributed by atoms with van der Waals surface area (Å²) in [4.78, 5) is 2.46. The van der Waals surface area contributed by atoms with E-state index in [1.807, 2.05) is 0 Å². The molecule has 1 saturated carbocycles. The molecule has 3 atom stereocenters. The number of hydrogen-bond donors (Lipinski definition) is 2. The summed E-state index contributed by atoms with van der Waals surface area (Å²) < 4.78 is 0. The third-order valence-corrected chi connectivity index (χ3v) is 4.24. The second-order valence-corrected chi connectivity index (χ2v) is 7.03. The van der Waals surface area contributed by atoms with Gasteiger partial charge < -0.3 is 10.8 Å². The molecule has 3 heteroatoms. The number of fused-ring (bicyclic) bond motifs is 2. The van der Waals surface area contributed by atoms with Gasteiger partial charge in [-0.2, -0.15) is 0 Å². The summed E-state index contributed by atoms with van der Waals surface area (Å²) in [6, 6.07) is 0.662. The van der Waals surface area contributed by atoms with Gasteiger partial charge in [-0.25, -0.2) is 0 Å². The first-order valence-corrected chi connectivity index (χ1v) is 6.46. The van der Waals surface area contributed by atoms with Gasteiger partial charge >= 0.3 is 0 Å². The van der Waals surface area contributed by atoms with Crippen molar-refractivity contribution >= 4 is 0 Å². The molecule has 2 rings (SSSR count). The van der Waals surface area contributed by atoms with Gasteiger partial charge in [0.2, 0.25) is 0 Å². The van der Waals surface area contributed by atoms with E-state index in [1.54, 1.807) is 0 Å². The van der Waals surface area contributed by atoms with E-state index in [9.17, 15) is 5.11 Å². The van der Waals surface area contributed by atoms with E-state index in [0.717, 1.165) is 13.1 Å². The molecule has 17 heavy (non-hydrogen) atoms. The largest absolute Gasteiger partial charge is 0.390 e. The number of aliphatic hydroxyl groups excluding tert-OH is 1. The number of aliphatic hydroxyl groups is 1. The Bertz CT molecular complexity index is 267. The molecule has 0 aromatic rings. The van der Waals surface area contributed by atoms with Crippen LogP contribution >= 0.6 is 0 Å². The second kappa shape index (κ2) is 4.87. The molecule has 1 aliphatic heterocycles. The summed E-state index contributed by atoms with van der Waals surface area (Å²) in [6.07, 6.45) is 3.52. The zero-order chi connectivity index (χ0) is 12.0. The number of β-amino-alcohol motifs (C(OH)–C–C–N with tert-alkyl or cyclic N) is 1. The molecule has 2 aliphatic rings. The predicted octanol–water partition coefficient (Wildman–Crippen LogP) is 1.84. The molecule has 3 nitrogen and oxygen atoms in total. The Morgan fingerprint density at radius 1 is 1.35 bits per heavy atom. The molecule has 0 spiro atoms. The summed E-state index contributed by atoms with van der Waals surface area (Å²) in [5.74, 6) is 0. The highest BCUT2D eigenvalue weighted by atomic mass is 16.3. The zero-order valence-corrected chi connectivity index (χ0v) is 10.9. The van der Waals surface area contributed by atoms with Crippen LogP contribution in [0.3, 0.4) is 0 Å². The van der Waals surface area contributed by atoms with Gasteiger partial charge in [0.05, 0.1) is 6.10 Å². The average molecular weight is 242 g/mol. The summed E-state index contributed by atoms with van der Waals surface area (Å²) in [7, 11) is 0. The summed E-state index contributed by atoms with van der Waals surface area (Å²) in [6.45, 7) is 9.42. The first kappa shape index (κ1) is 14.9. The van der Waals surface area contributed by atoms with Crippen molar-refractivity contribution < 1.29 is 5.11 Å². The van der Waals surface area contributed by atoms with E-state index in [0.29, 0.717) is 23.4 Å². The van der Waals surface area contributed by atoms with Gasteiger partial charge in [-0.15, -0.1) is 0 Å². The van der Waals surface area contributed by atoms with Crippen molar-refractivity contribution in [1.82, 2.24) is 4.90 Å². The van der Waals surface area contributed by atoms with Crippen LogP contribution in [0.4, 0.5) is 0 Å². The standard InChI is InChI=1S/C13H26N2O.CH4/c1-12(2)4-10-5-13(3,8-12)9-15(10)7-11(16)6-14;/h10-11,16H,4-9,14H2,1-3H3;1H4/t10?,11-,13+;/m0./s1. The van der Waals surface area contributed by atoms with Crippen molar-refractivity contribution in [2.45, 2.75) is 59.6 Å². The van der Waals surface area contributed by atoms with E-state index in [-0.39, 0.29) is 13.5 Å². The van der Waals surface area contributed by atoms with Gasteiger partial charge in [0.1, 0.15) is 0 Å². The number of nitrogens with zero attached hydrogens (tertiary/aromatic N) is 1. The molecule has 102 valence electrons. The maximum atomic E-state index is 9.69. The molecule has 1 aliphatic carbocycles. The molecule has 0 aromatic heterocycles. The second-order valence-electron chi connectivity index (χ2n) is 7.03. The van der Waals surface area contributed by atoms with Gasteiger partial charge in [-0.1, -0.05) is 28.2 Å². The minimum Gasteiger partial charge on any atom is -0.390 e. The Morgan fingerprint density at radius 3 is 2.59 bits per heavy atom. The fourth-order valence-corrected chi connectivity index (χ4v) is 4.14. The first-order valence-electron chi connectivity index (χ1n) is 6.46. The lowest BCUT2D eigenvalue weighted by atomic mass is 9.65. The lowest BCUT2D eigenvalue weighted by Gasteiger charge is -2.40. The van der Waals surface area contributed by atoms with Crippen LogP contribution < -0.4 is 5.73 Å². The molecule has 3 N–H and O–H groups in total. The van der Waals surface area contributed by atoms with Crippen LogP contribution in [0, 0.1) is 10.8 Å². The zero-order valence-electron chi connectivity index (χ0n) is 10.9. The highest BCUT2D eigenvalue weighted by Gasteiger charge is 2.49. The van der Waals surface area contributed by atoms with Gasteiger partial charge in [0.15, 0.2) is 0 Å². The summed E-state index contributed by atoms with van der Waals surface area (Å²) in [5.41, 5.74) is 6.41. The number of hydrogen-bond acceptors (Lipinski definition) is 3. The molecular weight excluding hydrogens is 212 g/mol. The fourth-order valence-electron chi connectivity index (χ4n) is 4.14. The van der Waals surface area contributed by atoms with E-state index < -0.39 is 0 Å². The van der Waals surface area contributed by atoms with Crippen LogP contribution in [0.1, 0.15) is 47.5 Å². The molecule has 0 aromatic carbocycles. The van der Waals surface area contributed by atoms with Crippen molar-refractivity contribution in [3.8, 4) is 0 Å². The minimum absolute atomic E-state index is 0. The highest BCUT2D eigenvalue weighted by Crippen LogP contribution is 2.52. The summed E-state index contributed by atoms with van der Waals surface area (Å²) >= 11 is 0.